The maximum absolute atomic E-state index is 13.1. The fourth-order valence-corrected chi connectivity index (χ4v) is 4.94. The molecule has 0 atom stereocenters. The summed E-state index contributed by atoms with van der Waals surface area (Å²) in [6, 6.07) is 6.93. The number of hydrazine groups is 1. The summed E-state index contributed by atoms with van der Waals surface area (Å²) in [6.45, 7) is 4.64. The third kappa shape index (κ3) is 3.56. The van der Waals surface area contributed by atoms with E-state index in [4.69, 9.17) is 5.84 Å². The number of nitrogens with zero attached hydrogens (tertiary/aromatic N) is 1. The van der Waals surface area contributed by atoms with E-state index in [9.17, 15) is 8.42 Å². The van der Waals surface area contributed by atoms with Gasteiger partial charge in [0.05, 0.1) is 5.69 Å². The second-order valence-electron chi connectivity index (χ2n) is 6.05. The van der Waals surface area contributed by atoms with Crippen LogP contribution in [-0.4, -0.2) is 25.3 Å². The Morgan fingerprint density at radius 2 is 1.90 bits per heavy atom. The Kier molecular flexibility index (Phi) is 5.24. The molecule has 1 aliphatic carbocycles. The Morgan fingerprint density at radius 3 is 2.48 bits per heavy atom. The number of nitrogens with two attached hydrogens (primary N) is 1. The fraction of sp³-hybridized carbons (Fsp3) is 0.600. The number of hydrogen-bond acceptors (Lipinski definition) is 4. The van der Waals surface area contributed by atoms with E-state index in [0.717, 1.165) is 25.7 Å². The standard InChI is InChI=1S/C15H25N3O2S/c1-12(2)11-18(13-7-3-4-8-13)21(19,20)15-10-6-5-9-14(15)17-16/h5-6,9-10,12-13,17H,3-4,7-8,11,16H2,1-2H3. The minimum atomic E-state index is -3.53. The molecule has 1 saturated carbocycles. The van der Waals surface area contributed by atoms with Gasteiger partial charge in [0.2, 0.25) is 10.0 Å². The normalized spacial score (nSPS) is 16.8. The van der Waals surface area contributed by atoms with Crippen molar-refractivity contribution in [3.8, 4) is 0 Å². The third-order valence-corrected chi connectivity index (χ3v) is 5.88. The molecular formula is C15H25N3O2S. The molecule has 1 aromatic carbocycles. The van der Waals surface area contributed by atoms with Crippen LogP contribution >= 0.6 is 0 Å². The smallest absolute Gasteiger partial charge is 0.245 e. The van der Waals surface area contributed by atoms with E-state index >= 15 is 0 Å². The molecule has 21 heavy (non-hydrogen) atoms. The maximum atomic E-state index is 13.1. The number of anilines is 1. The van der Waals surface area contributed by atoms with Crippen LogP contribution in [0.15, 0.2) is 29.2 Å². The van der Waals surface area contributed by atoms with E-state index in [0.29, 0.717) is 18.2 Å². The topological polar surface area (TPSA) is 75.4 Å². The molecule has 1 aromatic rings. The van der Waals surface area contributed by atoms with Gasteiger partial charge in [-0.05, 0) is 30.9 Å². The van der Waals surface area contributed by atoms with E-state index in [-0.39, 0.29) is 10.9 Å². The van der Waals surface area contributed by atoms with Gasteiger partial charge in [-0.3, -0.25) is 5.84 Å². The third-order valence-electron chi connectivity index (χ3n) is 3.91. The average molecular weight is 311 g/mol. The molecule has 0 unspecified atom stereocenters. The number of para-hydroxylation sites is 1. The average Bonchev–Trinajstić information content (AvgIpc) is 2.98. The minimum absolute atomic E-state index is 0.114. The van der Waals surface area contributed by atoms with E-state index in [1.807, 2.05) is 13.8 Å². The minimum Gasteiger partial charge on any atom is -0.323 e. The van der Waals surface area contributed by atoms with Gasteiger partial charge in [-0.2, -0.15) is 4.31 Å². The summed E-state index contributed by atoms with van der Waals surface area (Å²) in [5.74, 6) is 5.76. The molecule has 0 spiro atoms. The molecule has 0 saturated heterocycles. The second kappa shape index (κ2) is 6.77. The molecule has 6 heteroatoms. The maximum Gasteiger partial charge on any atom is 0.245 e. The highest BCUT2D eigenvalue weighted by Crippen LogP contribution is 2.31. The molecule has 0 aliphatic heterocycles. The van der Waals surface area contributed by atoms with Crippen molar-refractivity contribution in [1.82, 2.24) is 4.31 Å². The number of nitrogens with one attached hydrogen (secondary N) is 1. The van der Waals surface area contributed by atoms with Crippen LogP contribution in [-0.2, 0) is 10.0 Å². The van der Waals surface area contributed by atoms with Gasteiger partial charge in [-0.25, -0.2) is 8.42 Å². The first kappa shape index (κ1) is 16.3. The molecule has 1 aliphatic rings. The van der Waals surface area contributed by atoms with Gasteiger partial charge in [0.1, 0.15) is 4.90 Å². The predicted octanol–water partition coefficient (Wildman–Crippen LogP) is 2.56. The molecule has 0 heterocycles. The largest absolute Gasteiger partial charge is 0.323 e. The summed E-state index contributed by atoms with van der Waals surface area (Å²) < 4.78 is 27.8. The quantitative estimate of drug-likeness (QED) is 0.625. The van der Waals surface area contributed by atoms with Gasteiger partial charge in [0.25, 0.3) is 0 Å². The van der Waals surface area contributed by atoms with Gasteiger partial charge < -0.3 is 5.43 Å². The van der Waals surface area contributed by atoms with Crippen molar-refractivity contribution in [1.29, 1.82) is 0 Å². The number of benzene rings is 1. The van der Waals surface area contributed by atoms with Crippen molar-refractivity contribution in [3.05, 3.63) is 24.3 Å². The van der Waals surface area contributed by atoms with Crippen molar-refractivity contribution in [2.24, 2.45) is 11.8 Å². The van der Waals surface area contributed by atoms with Crippen LogP contribution in [0.2, 0.25) is 0 Å². The van der Waals surface area contributed by atoms with Gasteiger partial charge in [-0.1, -0.05) is 38.8 Å². The van der Waals surface area contributed by atoms with Gasteiger partial charge >= 0.3 is 0 Å². The van der Waals surface area contributed by atoms with Crippen molar-refractivity contribution in [2.75, 3.05) is 12.0 Å². The Morgan fingerprint density at radius 1 is 1.29 bits per heavy atom. The molecule has 1 fully saturated rings. The molecule has 0 aromatic heterocycles. The lowest BCUT2D eigenvalue weighted by molar-refractivity contribution is 0.292. The van der Waals surface area contributed by atoms with E-state index in [1.54, 1.807) is 28.6 Å². The Hall–Kier alpha value is -1.11. The summed E-state index contributed by atoms with van der Waals surface area (Å²) in [5.41, 5.74) is 2.94. The SMILES string of the molecule is CC(C)CN(C1CCCC1)S(=O)(=O)c1ccccc1NN. The van der Waals surface area contributed by atoms with Crippen LogP contribution in [0.25, 0.3) is 0 Å². The number of rotatable bonds is 6. The Balaban J connectivity index is 2.41. The first-order valence-electron chi connectivity index (χ1n) is 7.54. The first-order valence-corrected chi connectivity index (χ1v) is 8.98. The zero-order valence-electron chi connectivity index (χ0n) is 12.7. The predicted molar refractivity (Wildman–Crippen MR) is 85.2 cm³/mol. The van der Waals surface area contributed by atoms with Crippen LogP contribution in [0, 0.1) is 5.92 Å². The molecule has 3 N–H and O–H groups in total. The van der Waals surface area contributed by atoms with Gasteiger partial charge in [-0.15, -0.1) is 0 Å². The highest BCUT2D eigenvalue weighted by molar-refractivity contribution is 7.89. The first-order chi connectivity index (χ1) is 9.96. The fourth-order valence-electron chi connectivity index (χ4n) is 2.93. The van der Waals surface area contributed by atoms with Crippen LogP contribution < -0.4 is 11.3 Å². The summed E-state index contributed by atoms with van der Waals surface area (Å²) >= 11 is 0. The number of nitrogen functional groups attached to an aromatic ring is 1. The van der Waals surface area contributed by atoms with Crippen LogP contribution in [0.3, 0.4) is 0 Å². The van der Waals surface area contributed by atoms with Crippen molar-refractivity contribution < 1.29 is 8.42 Å². The van der Waals surface area contributed by atoms with Crippen molar-refractivity contribution >= 4 is 15.7 Å². The second-order valence-corrected chi connectivity index (χ2v) is 7.91. The zero-order valence-corrected chi connectivity index (χ0v) is 13.6. The van der Waals surface area contributed by atoms with Crippen LogP contribution in [0.5, 0.6) is 0 Å². The lowest BCUT2D eigenvalue weighted by Gasteiger charge is -2.30. The van der Waals surface area contributed by atoms with E-state index < -0.39 is 10.0 Å². The number of sulfonamides is 1. The zero-order chi connectivity index (χ0) is 15.5. The van der Waals surface area contributed by atoms with Crippen LogP contribution in [0.4, 0.5) is 5.69 Å². The molecule has 0 radical (unpaired) electrons. The molecule has 0 amide bonds. The lowest BCUT2D eigenvalue weighted by Crippen LogP contribution is -2.41. The highest BCUT2D eigenvalue weighted by Gasteiger charge is 2.34. The summed E-state index contributed by atoms with van der Waals surface area (Å²) in [7, 11) is -3.53. The molecule has 5 nitrogen and oxygen atoms in total. The Labute approximate surface area is 127 Å². The Bertz CT molecular complexity index is 566. The highest BCUT2D eigenvalue weighted by atomic mass is 32.2. The molecule has 2 rings (SSSR count). The monoisotopic (exact) mass is 311 g/mol. The van der Waals surface area contributed by atoms with Gasteiger partial charge in [0.15, 0.2) is 0 Å². The van der Waals surface area contributed by atoms with E-state index in [2.05, 4.69) is 5.43 Å². The van der Waals surface area contributed by atoms with Crippen LogP contribution in [0.1, 0.15) is 39.5 Å². The molecule has 0 bridgehead atoms. The number of hydrogen-bond donors (Lipinski definition) is 2. The summed E-state index contributed by atoms with van der Waals surface area (Å²) in [6.07, 6.45) is 4.10. The van der Waals surface area contributed by atoms with Crippen molar-refractivity contribution in [3.63, 3.8) is 0 Å². The lowest BCUT2D eigenvalue weighted by atomic mass is 10.2. The van der Waals surface area contributed by atoms with E-state index in [1.165, 1.54) is 0 Å². The van der Waals surface area contributed by atoms with Crippen molar-refractivity contribution in [2.45, 2.75) is 50.5 Å². The summed E-state index contributed by atoms with van der Waals surface area (Å²) in [5, 5.41) is 0. The summed E-state index contributed by atoms with van der Waals surface area (Å²) in [4.78, 5) is 0.264. The van der Waals surface area contributed by atoms with Gasteiger partial charge in [0, 0.05) is 12.6 Å². The molecule has 118 valence electrons. The molecular weight excluding hydrogens is 286 g/mol.